The van der Waals surface area contributed by atoms with Crippen LogP contribution in [-0.4, -0.2) is 113 Å². The number of carbonyl (C=O) groups excluding carboxylic acids is 5. The molecule has 8 atom stereocenters. The number of aliphatic hydroxyl groups is 1. The Kier molecular flexibility index (Phi) is 16.3. The monoisotopic (exact) mass is 669 g/mol. The standard InChI is InChI=1S/C35H63N3O9/c1-16-23(12)29-32(41)38(15)26(20(6)7)35(44)46-28(22(10)11)31(40)37(14)25(19(4)5)34(43)45-27(21(8)9)30(39)36(13)24(17-18(2)3)33(42)47-29/h18-30,39H,16-17H2,1-15H3/t23?,24-,25-,26-,27+,28+,29+,30?/m0/s1. The van der Waals surface area contributed by atoms with Gasteiger partial charge in [-0.25, -0.2) is 9.59 Å². The van der Waals surface area contributed by atoms with Crippen molar-refractivity contribution in [1.82, 2.24) is 14.7 Å². The number of amides is 2. The summed E-state index contributed by atoms with van der Waals surface area (Å²) in [6.07, 6.45) is -4.21. The molecule has 1 fully saturated rings. The van der Waals surface area contributed by atoms with Gasteiger partial charge in [-0.3, -0.25) is 19.3 Å². The summed E-state index contributed by atoms with van der Waals surface area (Å²) < 4.78 is 17.8. The lowest BCUT2D eigenvalue weighted by Gasteiger charge is -2.40. The maximum Gasteiger partial charge on any atom is 0.329 e. The molecule has 0 spiro atoms. The fraction of sp³-hybridized carbons (Fsp3) is 0.857. The third kappa shape index (κ3) is 10.6. The summed E-state index contributed by atoms with van der Waals surface area (Å²) in [7, 11) is 4.48. The Morgan fingerprint density at radius 3 is 1.43 bits per heavy atom. The van der Waals surface area contributed by atoms with Gasteiger partial charge in [0.2, 0.25) is 0 Å². The summed E-state index contributed by atoms with van der Waals surface area (Å²) >= 11 is 0. The van der Waals surface area contributed by atoms with Gasteiger partial charge in [0.05, 0.1) is 0 Å². The van der Waals surface area contributed by atoms with Crippen molar-refractivity contribution >= 4 is 29.7 Å². The zero-order valence-corrected chi connectivity index (χ0v) is 31.5. The molecule has 0 radical (unpaired) electrons. The van der Waals surface area contributed by atoms with Gasteiger partial charge in [0, 0.05) is 20.0 Å². The van der Waals surface area contributed by atoms with E-state index in [2.05, 4.69) is 0 Å². The summed E-state index contributed by atoms with van der Waals surface area (Å²) in [5.41, 5.74) is 0. The Labute approximate surface area is 282 Å². The van der Waals surface area contributed by atoms with Gasteiger partial charge >= 0.3 is 17.9 Å². The number of cyclic esters (lactones) is 3. The maximum absolute atomic E-state index is 14.1. The minimum Gasteiger partial charge on any atom is -0.456 e. The first-order chi connectivity index (χ1) is 21.6. The molecule has 1 aliphatic heterocycles. The summed E-state index contributed by atoms with van der Waals surface area (Å²) in [5, 5.41) is 11.6. The molecule has 12 heteroatoms. The van der Waals surface area contributed by atoms with E-state index in [1.165, 1.54) is 28.8 Å². The topological polar surface area (TPSA) is 143 Å². The zero-order chi connectivity index (χ0) is 36.7. The van der Waals surface area contributed by atoms with Crippen LogP contribution in [0.3, 0.4) is 0 Å². The lowest BCUT2D eigenvalue weighted by Crippen LogP contribution is -2.58. The summed E-state index contributed by atoms with van der Waals surface area (Å²) in [4.78, 5) is 73.5. The molecule has 0 aromatic carbocycles. The van der Waals surface area contributed by atoms with E-state index in [0.717, 1.165) is 0 Å². The van der Waals surface area contributed by atoms with Gasteiger partial charge < -0.3 is 29.1 Å². The average molecular weight is 670 g/mol. The van der Waals surface area contributed by atoms with Crippen LogP contribution >= 0.6 is 0 Å². The van der Waals surface area contributed by atoms with Crippen LogP contribution in [-0.2, 0) is 38.2 Å². The van der Waals surface area contributed by atoms with Crippen LogP contribution in [0.2, 0.25) is 0 Å². The number of hydrogen-bond donors (Lipinski definition) is 1. The number of carbonyl (C=O) groups is 5. The molecular weight excluding hydrogens is 606 g/mol. The van der Waals surface area contributed by atoms with E-state index in [1.54, 1.807) is 69.4 Å². The van der Waals surface area contributed by atoms with Gasteiger partial charge in [-0.1, -0.05) is 83.1 Å². The summed E-state index contributed by atoms with van der Waals surface area (Å²) in [6, 6.07) is -3.16. The Hall–Kier alpha value is -2.73. The largest absolute Gasteiger partial charge is 0.456 e. The van der Waals surface area contributed by atoms with Gasteiger partial charge in [0.25, 0.3) is 11.8 Å². The first-order valence-corrected chi connectivity index (χ1v) is 17.1. The first-order valence-electron chi connectivity index (χ1n) is 17.1. The van der Waals surface area contributed by atoms with Crippen LogP contribution in [0.15, 0.2) is 0 Å². The molecule has 1 aliphatic rings. The fourth-order valence-corrected chi connectivity index (χ4v) is 5.96. The molecule has 272 valence electrons. The van der Waals surface area contributed by atoms with Crippen LogP contribution in [0.5, 0.6) is 0 Å². The number of nitrogens with zero attached hydrogens (tertiary/aromatic N) is 3. The molecule has 1 heterocycles. The molecule has 1 saturated heterocycles. The SMILES string of the molecule is CCC(C)[C@H]1OC(=O)[C@H](CC(C)C)N(C)C(O)[C@@H](C(C)C)OC(=O)[C@H](C(C)C)N(C)C(=O)[C@@H](C(C)C)OC(=O)[C@H](C(C)C)N(C)C1=O. The highest BCUT2D eigenvalue weighted by Crippen LogP contribution is 2.26. The van der Waals surface area contributed by atoms with Crippen molar-refractivity contribution in [3.05, 3.63) is 0 Å². The zero-order valence-electron chi connectivity index (χ0n) is 31.5. The van der Waals surface area contributed by atoms with E-state index in [9.17, 15) is 29.1 Å². The highest BCUT2D eigenvalue weighted by atomic mass is 16.6. The van der Waals surface area contributed by atoms with E-state index >= 15 is 0 Å². The molecule has 0 aliphatic carbocycles. The summed E-state index contributed by atoms with van der Waals surface area (Å²) in [5.74, 6) is -5.48. The van der Waals surface area contributed by atoms with Crippen LogP contribution in [0.4, 0.5) is 0 Å². The van der Waals surface area contributed by atoms with Crippen molar-refractivity contribution in [3.63, 3.8) is 0 Å². The average Bonchev–Trinajstić information content (AvgIpc) is 2.96. The van der Waals surface area contributed by atoms with E-state index in [4.69, 9.17) is 14.2 Å². The second-order valence-electron chi connectivity index (χ2n) is 15.0. The number of likely N-dealkylation sites (N-methyl/N-ethyl adjacent to an activating group) is 3. The third-order valence-electron chi connectivity index (χ3n) is 9.09. The minimum absolute atomic E-state index is 0.000453. The molecular formula is C35H63N3O9. The van der Waals surface area contributed by atoms with E-state index in [1.807, 2.05) is 20.8 Å². The maximum atomic E-state index is 14.1. The van der Waals surface area contributed by atoms with Crippen molar-refractivity contribution in [2.24, 2.45) is 35.5 Å². The van der Waals surface area contributed by atoms with Crippen molar-refractivity contribution < 1.29 is 43.3 Å². The number of rotatable bonds is 8. The quantitative estimate of drug-likeness (QED) is 0.300. The van der Waals surface area contributed by atoms with Crippen molar-refractivity contribution in [2.45, 2.75) is 139 Å². The van der Waals surface area contributed by atoms with Gasteiger partial charge in [-0.2, -0.15) is 0 Å². The second-order valence-corrected chi connectivity index (χ2v) is 15.0. The highest BCUT2D eigenvalue weighted by molar-refractivity contribution is 5.92. The molecule has 2 unspecified atom stereocenters. The fourth-order valence-electron chi connectivity index (χ4n) is 5.96. The van der Waals surface area contributed by atoms with Gasteiger partial charge in [-0.15, -0.1) is 0 Å². The molecule has 0 aromatic rings. The van der Waals surface area contributed by atoms with Crippen molar-refractivity contribution in [3.8, 4) is 0 Å². The Balaban J connectivity index is 3.97. The Bertz CT molecular complexity index is 1080. The van der Waals surface area contributed by atoms with E-state index in [0.29, 0.717) is 6.42 Å². The minimum atomic E-state index is -1.42. The molecule has 1 N–H and O–H groups in total. The third-order valence-corrected chi connectivity index (χ3v) is 9.09. The smallest absolute Gasteiger partial charge is 0.329 e. The lowest BCUT2D eigenvalue weighted by atomic mass is 9.96. The molecule has 47 heavy (non-hydrogen) atoms. The van der Waals surface area contributed by atoms with E-state index < -0.39 is 96.1 Å². The lowest BCUT2D eigenvalue weighted by molar-refractivity contribution is -0.189. The molecule has 12 nitrogen and oxygen atoms in total. The van der Waals surface area contributed by atoms with Crippen LogP contribution < -0.4 is 0 Å². The van der Waals surface area contributed by atoms with E-state index in [-0.39, 0.29) is 18.3 Å². The number of esters is 3. The number of aliphatic hydroxyl groups excluding tert-OH is 1. The predicted octanol–water partition coefficient (Wildman–Crippen LogP) is 3.72. The number of hydrogen-bond acceptors (Lipinski definition) is 10. The molecule has 0 aromatic heterocycles. The normalized spacial score (nSPS) is 29.4. The van der Waals surface area contributed by atoms with Gasteiger partial charge in [-0.05, 0) is 49.5 Å². The molecule has 2 amide bonds. The molecule has 1 rings (SSSR count). The Morgan fingerprint density at radius 2 is 1.04 bits per heavy atom. The van der Waals surface area contributed by atoms with Crippen LogP contribution in [0.1, 0.15) is 95.9 Å². The number of ether oxygens (including phenoxy) is 3. The summed E-state index contributed by atoms with van der Waals surface area (Å²) in [6.45, 7) is 21.6. The van der Waals surface area contributed by atoms with Crippen molar-refractivity contribution in [1.29, 1.82) is 0 Å². The second kappa shape index (κ2) is 18.1. The predicted molar refractivity (Wildman–Crippen MR) is 179 cm³/mol. The molecule has 0 bridgehead atoms. The first kappa shape index (κ1) is 42.3. The van der Waals surface area contributed by atoms with Crippen molar-refractivity contribution in [2.75, 3.05) is 21.1 Å². The Morgan fingerprint density at radius 1 is 0.617 bits per heavy atom. The van der Waals surface area contributed by atoms with Crippen LogP contribution in [0.25, 0.3) is 0 Å². The highest BCUT2D eigenvalue weighted by Gasteiger charge is 2.45. The molecule has 0 saturated carbocycles. The van der Waals surface area contributed by atoms with Crippen LogP contribution in [0, 0.1) is 35.5 Å². The van der Waals surface area contributed by atoms with Gasteiger partial charge in [0.1, 0.15) is 30.5 Å². The van der Waals surface area contributed by atoms with Gasteiger partial charge in [0.15, 0.2) is 12.2 Å².